The highest BCUT2D eigenvalue weighted by Crippen LogP contribution is 2.61. The van der Waals surface area contributed by atoms with Gasteiger partial charge in [0.25, 0.3) is 5.69 Å². The highest BCUT2D eigenvalue weighted by molar-refractivity contribution is 6.26. The maximum atomic E-state index is 14.0. The topological polar surface area (TPSA) is 113 Å². The summed E-state index contributed by atoms with van der Waals surface area (Å²) in [6, 6.07) is 7.81. The molecule has 9 heteroatoms. The molecule has 6 rings (SSSR count). The first-order valence-corrected chi connectivity index (χ1v) is 11.5. The fourth-order valence-corrected chi connectivity index (χ4v) is 6.76. The number of carbonyl (C=O) groups is 3. The molecular formula is C25H24N4O5. The number of nitrogens with one attached hydrogen (secondary N) is 1. The van der Waals surface area contributed by atoms with Gasteiger partial charge in [0.2, 0.25) is 17.7 Å². The molecule has 0 aromatic heterocycles. The van der Waals surface area contributed by atoms with Gasteiger partial charge in [-0.15, -0.1) is 0 Å². The summed E-state index contributed by atoms with van der Waals surface area (Å²) in [7, 11) is 0. The van der Waals surface area contributed by atoms with Crippen molar-refractivity contribution in [2.75, 3.05) is 16.8 Å². The standard InChI is InChI=1S/C25H24N4O5/c1-12-6-8-16-21(14(12)3)26-24(32)25(16)20-19(18-5-4-10-27(18)25)22(30)28(23(20)31)17-9-7-15(29(33)34)11-13(17)2/h6-9,11,18-20H,4-5,10H2,1-3H3,(H,26,32)/t18-,19-,20+,25-/m1/s1. The molecule has 1 spiro atoms. The maximum Gasteiger partial charge on any atom is 0.269 e. The number of carbonyl (C=O) groups excluding carboxylic acids is 3. The van der Waals surface area contributed by atoms with Gasteiger partial charge in [-0.1, -0.05) is 12.1 Å². The number of aryl methyl sites for hydroxylation is 2. The molecule has 2 aromatic rings. The Kier molecular flexibility index (Phi) is 4.15. The van der Waals surface area contributed by atoms with Crippen LogP contribution in [-0.4, -0.2) is 40.1 Å². The summed E-state index contributed by atoms with van der Waals surface area (Å²) in [5.41, 5.74) is 2.99. The number of hydrogen-bond donors (Lipinski definition) is 1. The molecule has 3 fully saturated rings. The third kappa shape index (κ3) is 2.30. The van der Waals surface area contributed by atoms with Gasteiger partial charge in [-0.05, 0) is 62.9 Å². The van der Waals surface area contributed by atoms with Crippen molar-refractivity contribution in [3.05, 3.63) is 62.7 Å². The van der Waals surface area contributed by atoms with E-state index in [1.165, 1.54) is 18.2 Å². The second kappa shape index (κ2) is 6.73. The van der Waals surface area contributed by atoms with Crippen molar-refractivity contribution in [3.8, 4) is 0 Å². The van der Waals surface area contributed by atoms with Crippen molar-refractivity contribution in [1.29, 1.82) is 0 Å². The van der Waals surface area contributed by atoms with E-state index >= 15 is 0 Å². The lowest BCUT2D eigenvalue weighted by molar-refractivity contribution is -0.384. The third-order valence-electron chi connectivity index (χ3n) is 8.33. The molecule has 3 amide bonds. The molecule has 0 saturated carbocycles. The molecule has 4 heterocycles. The fourth-order valence-electron chi connectivity index (χ4n) is 6.76. The normalized spacial score (nSPS) is 29.6. The van der Waals surface area contributed by atoms with E-state index in [0.717, 1.165) is 40.1 Å². The van der Waals surface area contributed by atoms with Gasteiger partial charge in [-0.3, -0.25) is 29.4 Å². The van der Waals surface area contributed by atoms with E-state index in [1.807, 2.05) is 26.0 Å². The molecule has 9 nitrogen and oxygen atoms in total. The third-order valence-corrected chi connectivity index (χ3v) is 8.33. The van der Waals surface area contributed by atoms with Crippen LogP contribution in [0.15, 0.2) is 30.3 Å². The number of fused-ring (bicyclic) bond motifs is 7. The molecule has 4 aliphatic rings. The van der Waals surface area contributed by atoms with E-state index < -0.39 is 28.2 Å². The molecule has 0 aliphatic carbocycles. The minimum Gasteiger partial charge on any atom is -0.324 e. The quantitative estimate of drug-likeness (QED) is 0.419. The van der Waals surface area contributed by atoms with Gasteiger partial charge < -0.3 is 5.32 Å². The average molecular weight is 460 g/mol. The summed E-state index contributed by atoms with van der Waals surface area (Å²) in [6.07, 6.45) is 1.59. The van der Waals surface area contributed by atoms with Crippen LogP contribution in [0.4, 0.5) is 17.1 Å². The lowest BCUT2D eigenvalue weighted by Crippen LogP contribution is -2.54. The van der Waals surface area contributed by atoms with E-state index in [1.54, 1.807) is 6.92 Å². The van der Waals surface area contributed by atoms with E-state index in [0.29, 0.717) is 17.8 Å². The van der Waals surface area contributed by atoms with E-state index in [4.69, 9.17) is 0 Å². The molecular weight excluding hydrogens is 436 g/mol. The first-order valence-electron chi connectivity index (χ1n) is 11.5. The van der Waals surface area contributed by atoms with Crippen LogP contribution < -0.4 is 10.2 Å². The molecule has 4 atom stereocenters. The predicted molar refractivity (Wildman–Crippen MR) is 123 cm³/mol. The van der Waals surface area contributed by atoms with Gasteiger partial charge in [-0.2, -0.15) is 0 Å². The SMILES string of the molecule is Cc1cc([N+](=O)[O-])ccc1N1C(=O)[C@@H]2[C@H]3CCCN3[C@@]3(C(=O)Nc4c3ccc(C)c4C)[C@@H]2C1=O. The first-order chi connectivity index (χ1) is 16.2. The molecule has 174 valence electrons. The summed E-state index contributed by atoms with van der Waals surface area (Å²) in [5, 5.41) is 14.2. The number of anilines is 2. The zero-order valence-electron chi connectivity index (χ0n) is 19.1. The van der Waals surface area contributed by atoms with Gasteiger partial charge in [0, 0.05) is 29.4 Å². The van der Waals surface area contributed by atoms with Crippen molar-refractivity contribution in [3.63, 3.8) is 0 Å². The lowest BCUT2D eigenvalue weighted by Gasteiger charge is -2.36. The van der Waals surface area contributed by atoms with Crippen LogP contribution in [-0.2, 0) is 19.9 Å². The second-order valence-corrected chi connectivity index (χ2v) is 9.80. The van der Waals surface area contributed by atoms with Gasteiger partial charge in [-0.25, -0.2) is 4.90 Å². The number of nitro groups is 1. The number of hydrogen-bond acceptors (Lipinski definition) is 6. The van der Waals surface area contributed by atoms with Crippen LogP contribution in [0.1, 0.15) is 35.1 Å². The van der Waals surface area contributed by atoms with Crippen molar-refractivity contribution in [2.24, 2.45) is 11.8 Å². The summed E-state index contributed by atoms with van der Waals surface area (Å²) in [4.78, 5) is 55.5. The molecule has 3 saturated heterocycles. The van der Waals surface area contributed by atoms with Crippen molar-refractivity contribution < 1.29 is 19.3 Å². The minimum atomic E-state index is -1.23. The van der Waals surface area contributed by atoms with Gasteiger partial charge in [0.1, 0.15) is 5.54 Å². The second-order valence-electron chi connectivity index (χ2n) is 9.80. The number of non-ortho nitro benzene ring substituents is 1. The van der Waals surface area contributed by atoms with Gasteiger partial charge in [0.05, 0.1) is 22.4 Å². The number of benzene rings is 2. The summed E-state index contributed by atoms with van der Waals surface area (Å²) in [6.45, 7) is 6.23. The molecule has 0 bridgehead atoms. The lowest BCUT2D eigenvalue weighted by atomic mass is 9.75. The van der Waals surface area contributed by atoms with Crippen LogP contribution >= 0.6 is 0 Å². The van der Waals surface area contributed by atoms with E-state index in [-0.39, 0.29) is 23.5 Å². The summed E-state index contributed by atoms with van der Waals surface area (Å²) < 4.78 is 0. The van der Waals surface area contributed by atoms with Crippen LogP contribution in [0, 0.1) is 42.7 Å². The summed E-state index contributed by atoms with van der Waals surface area (Å²) in [5.74, 6) is -2.47. The Morgan fingerprint density at radius 2 is 1.82 bits per heavy atom. The highest BCUT2D eigenvalue weighted by atomic mass is 16.6. The van der Waals surface area contributed by atoms with Crippen LogP contribution in [0.5, 0.6) is 0 Å². The van der Waals surface area contributed by atoms with Crippen LogP contribution in [0.3, 0.4) is 0 Å². The number of imide groups is 1. The number of nitrogens with zero attached hydrogens (tertiary/aromatic N) is 3. The Hall–Kier alpha value is -3.59. The molecule has 34 heavy (non-hydrogen) atoms. The Balaban J connectivity index is 1.54. The monoisotopic (exact) mass is 460 g/mol. The Bertz CT molecular complexity index is 1340. The predicted octanol–water partition coefficient (Wildman–Crippen LogP) is 2.95. The maximum absolute atomic E-state index is 14.0. The van der Waals surface area contributed by atoms with Crippen molar-refractivity contribution in [1.82, 2.24) is 4.90 Å². The number of amides is 3. The van der Waals surface area contributed by atoms with Gasteiger partial charge >= 0.3 is 0 Å². The zero-order valence-corrected chi connectivity index (χ0v) is 19.1. The zero-order chi connectivity index (χ0) is 24.1. The highest BCUT2D eigenvalue weighted by Gasteiger charge is 2.74. The first kappa shape index (κ1) is 21.0. The van der Waals surface area contributed by atoms with E-state index in [2.05, 4.69) is 10.2 Å². The molecule has 0 unspecified atom stereocenters. The number of nitro benzene ring substituents is 1. The molecule has 0 radical (unpaired) electrons. The smallest absolute Gasteiger partial charge is 0.269 e. The fraction of sp³-hybridized carbons (Fsp3) is 0.400. The van der Waals surface area contributed by atoms with Crippen molar-refractivity contribution in [2.45, 2.75) is 45.2 Å². The van der Waals surface area contributed by atoms with Crippen LogP contribution in [0.2, 0.25) is 0 Å². The molecule has 4 aliphatic heterocycles. The Morgan fingerprint density at radius 3 is 2.53 bits per heavy atom. The van der Waals surface area contributed by atoms with Crippen LogP contribution in [0.25, 0.3) is 0 Å². The Labute approximate surface area is 195 Å². The van der Waals surface area contributed by atoms with Crippen molar-refractivity contribution >= 4 is 34.8 Å². The number of rotatable bonds is 2. The largest absolute Gasteiger partial charge is 0.324 e. The minimum absolute atomic E-state index is 0.103. The summed E-state index contributed by atoms with van der Waals surface area (Å²) >= 11 is 0. The van der Waals surface area contributed by atoms with E-state index in [9.17, 15) is 24.5 Å². The molecule has 2 aromatic carbocycles. The Morgan fingerprint density at radius 1 is 1.06 bits per heavy atom. The van der Waals surface area contributed by atoms with Gasteiger partial charge in [0.15, 0.2) is 0 Å². The molecule has 1 N–H and O–H groups in total. The average Bonchev–Trinajstić information content (AvgIpc) is 3.50.